The van der Waals surface area contributed by atoms with E-state index >= 15 is 0 Å². The fourth-order valence-corrected chi connectivity index (χ4v) is 2.27. The first kappa shape index (κ1) is 17.8. The first-order valence-electron chi connectivity index (χ1n) is 7.54. The molecule has 0 saturated carbocycles. The van der Waals surface area contributed by atoms with Gasteiger partial charge in [-0.05, 0) is 49.4 Å². The molecular weight excluding hydrogens is 330 g/mol. The third kappa shape index (κ3) is 4.99. The molecule has 2 rings (SSSR count). The number of nitrogens with one attached hydrogen (secondary N) is 1. The molecule has 2 aromatic carbocycles. The Hall–Kier alpha value is -2.53. The van der Waals surface area contributed by atoms with Crippen molar-refractivity contribution in [1.82, 2.24) is 0 Å². The van der Waals surface area contributed by atoms with E-state index in [9.17, 15) is 14.7 Å². The summed E-state index contributed by atoms with van der Waals surface area (Å²) in [6, 6.07) is 11.2. The molecule has 1 amide bonds. The molecule has 2 aromatic rings. The number of aromatic hydroxyl groups is 1. The highest BCUT2D eigenvalue weighted by Crippen LogP contribution is 2.26. The minimum absolute atomic E-state index is 0.0119. The van der Waals surface area contributed by atoms with Gasteiger partial charge in [0, 0.05) is 23.4 Å². The van der Waals surface area contributed by atoms with Gasteiger partial charge < -0.3 is 15.2 Å². The Morgan fingerprint density at radius 2 is 1.83 bits per heavy atom. The molecule has 0 unspecified atom stereocenters. The molecule has 0 aliphatic heterocycles. The van der Waals surface area contributed by atoms with Gasteiger partial charge in [-0.25, -0.2) is 0 Å². The minimum Gasteiger partial charge on any atom is -0.506 e. The number of ketones is 1. The summed E-state index contributed by atoms with van der Waals surface area (Å²) in [7, 11) is 0. The van der Waals surface area contributed by atoms with Crippen molar-refractivity contribution in [3.05, 3.63) is 53.1 Å². The lowest BCUT2D eigenvalue weighted by Crippen LogP contribution is -2.13. The maximum absolute atomic E-state index is 12.1. The van der Waals surface area contributed by atoms with E-state index in [0.29, 0.717) is 22.9 Å². The highest BCUT2D eigenvalue weighted by molar-refractivity contribution is 6.31. The van der Waals surface area contributed by atoms with Crippen molar-refractivity contribution in [3.63, 3.8) is 0 Å². The maximum atomic E-state index is 12.1. The average Bonchev–Trinajstić information content (AvgIpc) is 2.57. The number of carbonyl (C=O) groups is 2. The summed E-state index contributed by atoms with van der Waals surface area (Å²) in [6.45, 7) is 2.44. The molecule has 0 fully saturated rings. The van der Waals surface area contributed by atoms with E-state index < -0.39 is 0 Å². The van der Waals surface area contributed by atoms with Gasteiger partial charge >= 0.3 is 0 Å². The number of carbonyl (C=O) groups excluding carboxylic acids is 2. The maximum Gasteiger partial charge on any atom is 0.224 e. The predicted molar refractivity (Wildman–Crippen MR) is 92.9 cm³/mol. The normalized spacial score (nSPS) is 10.2. The highest BCUT2D eigenvalue weighted by atomic mass is 35.5. The molecule has 0 aromatic heterocycles. The molecule has 0 aliphatic carbocycles. The van der Waals surface area contributed by atoms with Gasteiger partial charge in [-0.3, -0.25) is 9.59 Å². The van der Waals surface area contributed by atoms with E-state index in [1.54, 1.807) is 24.3 Å². The monoisotopic (exact) mass is 347 g/mol. The first-order valence-corrected chi connectivity index (χ1v) is 7.92. The highest BCUT2D eigenvalue weighted by Gasteiger charge is 2.11. The lowest BCUT2D eigenvalue weighted by Gasteiger charge is -2.08. The Morgan fingerprint density at radius 3 is 2.50 bits per heavy atom. The molecular formula is C18H18ClNO4. The van der Waals surface area contributed by atoms with Crippen LogP contribution in [-0.2, 0) is 4.79 Å². The Kier molecular flexibility index (Phi) is 6.21. The summed E-state index contributed by atoms with van der Waals surface area (Å²) in [5, 5.41) is 12.6. The Labute approximate surface area is 145 Å². The smallest absolute Gasteiger partial charge is 0.224 e. The zero-order chi connectivity index (χ0) is 17.5. The molecule has 0 atom stereocenters. The van der Waals surface area contributed by atoms with Crippen LogP contribution in [0.3, 0.4) is 0 Å². The van der Waals surface area contributed by atoms with Crippen LogP contribution in [0.2, 0.25) is 5.02 Å². The van der Waals surface area contributed by atoms with Crippen LogP contribution in [0.5, 0.6) is 11.5 Å². The lowest BCUT2D eigenvalue weighted by molar-refractivity contribution is -0.116. The van der Waals surface area contributed by atoms with Crippen LogP contribution < -0.4 is 10.1 Å². The van der Waals surface area contributed by atoms with Crippen molar-refractivity contribution in [2.24, 2.45) is 0 Å². The van der Waals surface area contributed by atoms with Gasteiger partial charge in [0.25, 0.3) is 0 Å². The zero-order valence-corrected chi connectivity index (χ0v) is 14.0. The van der Waals surface area contributed by atoms with Gasteiger partial charge in [0.2, 0.25) is 5.91 Å². The van der Waals surface area contributed by atoms with E-state index in [0.717, 1.165) is 0 Å². The number of rotatable bonds is 7. The first-order chi connectivity index (χ1) is 11.5. The number of Topliss-reactive ketones (excluding diaryl/α,β-unsaturated/α-hetero) is 1. The molecule has 24 heavy (non-hydrogen) atoms. The van der Waals surface area contributed by atoms with Gasteiger partial charge in [0.1, 0.15) is 11.5 Å². The lowest BCUT2D eigenvalue weighted by atomic mass is 10.1. The van der Waals surface area contributed by atoms with Crippen LogP contribution in [0, 0.1) is 0 Å². The van der Waals surface area contributed by atoms with Crippen LogP contribution in [0.4, 0.5) is 5.69 Å². The summed E-state index contributed by atoms with van der Waals surface area (Å²) < 4.78 is 5.32. The standard InChI is InChI=1S/C18H18ClNO4/c1-2-24-14-6-3-12(4-7-14)16(21)9-10-18(23)20-15-11-13(19)5-8-17(15)22/h3-8,11,22H,2,9-10H2,1H3,(H,20,23). The van der Waals surface area contributed by atoms with Crippen LogP contribution in [0.1, 0.15) is 30.1 Å². The van der Waals surface area contributed by atoms with Crippen molar-refractivity contribution in [3.8, 4) is 11.5 Å². The molecule has 0 aliphatic rings. The topological polar surface area (TPSA) is 75.6 Å². The number of ether oxygens (including phenoxy) is 1. The van der Waals surface area contributed by atoms with E-state index in [1.165, 1.54) is 18.2 Å². The molecule has 0 spiro atoms. The van der Waals surface area contributed by atoms with Crippen LogP contribution in [-0.4, -0.2) is 23.4 Å². The van der Waals surface area contributed by atoms with Gasteiger partial charge in [0.05, 0.1) is 12.3 Å². The number of phenolic OH excluding ortho intramolecular Hbond substituents is 1. The average molecular weight is 348 g/mol. The molecule has 0 heterocycles. The van der Waals surface area contributed by atoms with Crippen molar-refractivity contribution in [2.45, 2.75) is 19.8 Å². The molecule has 6 heteroatoms. The summed E-state index contributed by atoms with van der Waals surface area (Å²) >= 11 is 5.82. The number of halogens is 1. The van der Waals surface area contributed by atoms with Crippen molar-refractivity contribution in [1.29, 1.82) is 0 Å². The molecule has 2 N–H and O–H groups in total. The second-order valence-electron chi connectivity index (χ2n) is 5.09. The van der Waals surface area contributed by atoms with Crippen molar-refractivity contribution < 1.29 is 19.4 Å². The molecule has 0 bridgehead atoms. The fraction of sp³-hybridized carbons (Fsp3) is 0.222. The number of benzene rings is 2. The molecule has 0 saturated heterocycles. The summed E-state index contributed by atoms with van der Waals surface area (Å²) in [6.07, 6.45) is 0.0825. The second-order valence-corrected chi connectivity index (χ2v) is 5.53. The minimum atomic E-state index is -0.369. The third-order valence-electron chi connectivity index (χ3n) is 3.30. The number of hydrogen-bond donors (Lipinski definition) is 2. The van der Waals surface area contributed by atoms with Crippen molar-refractivity contribution in [2.75, 3.05) is 11.9 Å². The number of amides is 1. The summed E-state index contributed by atoms with van der Waals surface area (Å²) in [5.41, 5.74) is 0.748. The van der Waals surface area contributed by atoms with Crippen LogP contribution in [0.15, 0.2) is 42.5 Å². The number of hydrogen-bond acceptors (Lipinski definition) is 4. The number of phenols is 1. The molecule has 0 radical (unpaired) electrons. The SMILES string of the molecule is CCOc1ccc(C(=O)CCC(=O)Nc2cc(Cl)ccc2O)cc1. The Morgan fingerprint density at radius 1 is 1.12 bits per heavy atom. The largest absolute Gasteiger partial charge is 0.506 e. The second kappa shape index (κ2) is 8.36. The van der Waals surface area contributed by atoms with E-state index in [-0.39, 0.29) is 36.0 Å². The van der Waals surface area contributed by atoms with E-state index in [1.807, 2.05) is 6.92 Å². The van der Waals surface area contributed by atoms with Gasteiger partial charge in [-0.1, -0.05) is 11.6 Å². The predicted octanol–water partition coefficient (Wildman–Crippen LogP) is 4.05. The van der Waals surface area contributed by atoms with Crippen molar-refractivity contribution >= 4 is 29.0 Å². The summed E-state index contributed by atoms with van der Waals surface area (Å²) in [4.78, 5) is 24.0. The molecule has 126 valence electrons. The van der Waals surface area contributed by atoms with E-state index in [2.05, 4.69) is 5.32 Å². The van der Waals surface area contributed by atoms with Gasteiger partial charge in [0.15, 0.2) is 5.78 Å². The van der Waals surface area contributed by atoms with Gasteiger partial charge in [-0.2, -0.15) is 0 Å². The quantitative estimate of drug-likeness (QED) is 0.585. The van der Waals surface area contributed by atoms with Crippen LogP contribution in [0.25, 0.3) is 0 Å². The number of anilines is 1. The Balaban J connectivity index is 1.88. The molecule has 5 nitrogen and oxygen atoms in total. The zero-order valence-electron chi connectivity index (χ0n) is 13.2. The third-order valence-corrected chi connectivity index (χ3v) is 3.53. The summed E-state index contributed by atoms with van der Waals surface area (Å²) in [5.74, 6) is 0.115. The van der Waals surface area contributed by atoms with Crippen LogP contribution >= 0.6 is 11.6 Å². The van der Waals surface area contributed by atoms with E-state index in [4.69, 9.17) is 16.3 Å². The van der Waals surface area contributed by atoms with Gasteiger partial charge in [-0.15, -0.1) is 0 Å². The fourth-order valence-electron chi connectivity index (χ4n) is 2.10. The Bertz CT molecular complexity index is 728.